The molecule has 0 spiro atoms. The van der Waals surface area contributed by atoms with Crippen molar-refractivity contribution in [3.05, 3.63) is 58.1 Å². The fourth-order valence-electron chi connectivity index (χ4n) is 2.90. The van der Waals surface area contributed by atoms with Crippen LogP contribution in [0.2, 0.25) is 0 Å². The summed E-state index contributed by atoms with van der Waals surface area (Å²) in [5, 5.41) is 3.03. The molecular weight excluding hydrogens is 354 g/mol. The molecule has 3 rings (SSSR count). The largest absolute Gasteiger partial charge is 0.481 e. The first-order valence-electron chi connectivity index (χ1n) is 7.97. The molecule has 0 aliphatic heterocycles. The number of anilines is 1. The van der Waals surface area contributed by atoms with Crippen LogP contribution in [-0.4, -0.2) is 12.0 Å². The van der Waals surface area contributed by atoms with Crippen molar-refractivity contribution in [2.45, 2.75) is 38.7 Å². The monoisotopic (exact) mass is 373 g/mol. The molecule has 1 aliphatic rings. The molecule has 0 unspecified atom stereocenters. The number of halogens is 1. The van der Waals surface area contributed by atoms with Gasteiger partial charge >= 0.3 is 0 Å². The van der Waals surface area contributed by atoms with Gasteiger partial charge in [0.1, 0.15) is 5.75 Å². The lowest BCUT2D eigenvalue weighted by molar-refractivity contribution is -0.122. The quantitative estimate of drug-likeness (QED) is 0.840. The standard InChI is InChI=1S/C19H20BrNO2/c1-13(23-16-11-9-15(20)10-12-16)19(22)21-18-8-4-6-14-5-2-3-7-17(14)18/h4,6,8-13H,2-3,5,7H2,1H3,(H,21,22)/t13-/m1/s1. The predicted octanol–water partition coefficient (Wildman–Crippen LogP) is 4.73. The van der Waals surface area contributed by atoms with Crippen LogP contribution < -0.4 is 10.1 Å². The molecule has 120 valence electrons. The molecule has 4 heteroatoms. The van der Waals surface area contributed by atoms with Crippen molar-refractivity contribution in [3.63, 3.8) is 0 Å². The van der Waals surface area contributed by atoms with Gasteiger partial charge in [-0.2, -0.15) is 0 Å². The fourth-order valence-corrected chi connectivity index (χ4v) is 3.17. The lowest BCUT2D eigenvalue weighted by atomic mass is 9.90. The van der Waals surface area contributed by atoms with E-state index in [9.17, 15) is 4.79 Å². The summed E-state index contributed by atoms with van der Waals surface area (Å²) in [5.41, 5.74) is 3.57. The molecule has 1 atom stereocenters. The summed E-state index contributed by atoms with van der Waals surface area (Å²) in [5.74, 6) is 0.567. The first-order valence-corrected chi connectivity index (χ1v) is 8.76. The molecule has 0 aromatic heterocycles. The Labute approximate surface area is 145 Å². The van der Waals surface area contributed by atoms with Crippen molar-refractivity contribution in [1.29, 1.82) is 0 Å². The van der Waals surface area contributed by atoms with E-state index in [0.717, 1.165) is 23.0 Å². The Bertz CT molecular complexity index is 697. The number of nitrogens with one attached hydrogen (secondary N) is 1. The Morgan fingerprint density at radius 3 is 2.65 bits per heavy atom. The van der Waals surface area contributed by atoms with Gasteiger partial charge in [0.25, 0.3) is 5.91 Å². The average Bonchev–Trinajstić information content (AvgIpc) is 2.57. The second-order valence-corrected chi connectivity index (χ2v) is 6.77. The predicted molar refractivity (Wildman–Crippen MR) is 95.9 cm³/mol. The Hall–Kier alpha value is -1.81. The van der Waals surface area contributed by atoms with Crippen molar-refractivity contribution >= 4 is 27.5 Å². The third-order valence-corrected chi connectivity index (χ3v) is 4.68. The van der Waals surface area contributed by atoms with Gasteiger partial charge in [0.15, 0.2) is 6.10 Å². The Kier molecular flexibility index (Phi) is 5.01. The summed E-state index contributed by atoms with van der Waals surface area (Å²) in [6.07, 6.45) is 4.01. The van der Waals surface area contributed by atoms with E-state index < -0.39 is 6.10 Å². The highest BCUT2D eigenvalue weighted by Crippen LogP contribution is 2.28. The van der Waals surface area contributed by atoms with E-state index in [1.165, 1.54) is 24.0 Å². The van der Waals surface area contributed by atoms with Crippen molar-refractivity contribution < 1.29 is 9.53 Å². The zero-order valence-electron chi connectivity index (χ0n) is 13.1. The van der Waals surface area contributed by atoms with Crippen LogP contribution in [0, 0.1) is 0 Å². The number of ether oxygens (including phenoxy) is 1. The lowest BCUT2D eigenvalue weighted by Gasteiger charge is -2.21. The van der Waals surface area contributed by atoms with E-state index in [1.807, 2.05) is 36.4 Å². The molecule has 0 saturated heterocycles. The van der Waals surface area contributed by atoms with Gasteiger partial charge in [-0.3, -0.25) is 4.79 Å². The maximum absolute atomic E-state index is 12.4. The molecule has 0 saturated carbocycles. The van der Waals surface area contributed by atoms with Crippen molar-refractivity contribution in [2.24, 2.45) is 0 Å². The van der Waals surface area contributed by atoms with Gasteiger partial charge in [0.05, 0.1) is 0 Å². The molecule has 0 bridgehead atoms. The van der Waals surface area contributed by atoms with Gasteiger partial charge in [-0.15, -0.1) is 0 Å². The first kappa shape index (κ1) is 16.1. The third-order valence-electron chi connectivity index (χ3n) is 4.15. The molecule has 23 heavy (non-hydrogen) atoms. The highest BCUT2D eigenvalue weighted by molar-refractivity contribution is 9.10. The van der Waals surface area contributed by atoms with E-state index in [-0.39, 0.29) is 5.91 Å². The zero-order chi connectivity index (χ0) is 16.2. The van der Waals surface area contributed by atoms with Gasteiger partial charge in [-0.25, -0.2) is 0 Å². The van der Waals surface area contributed by atoms with Crippen molar-refractivity contribution in [1.82, 2.24) is 0 Å². The van der Waals surface area contributed by atoms with Crippen LogP contribution in [0.5, 0.6) is 5.75 Å². The summed E-state index contributed by atoms with van der Waals surface area (Å²) in [6, 6.07) is 13.6. The minimum absolute atomic E-state index is 0.119. The summed E-state index contributed by atoms with van der Waals surface area (Å²) < 4.78 is 6.70. The minimum atomic E-state index is -0.546. The van der Waals surface area contributed by atoms with Crippen molar-refractivity contribution in [3.8, 4) is 5.75 Å². The van der Waals surface area contributed by atoms with Gasteiger partial charge in [0, 0.05) is 10.2 Å². The molecule has 1 aliphatic carbocycles. The number of amides is 1. The number of carbonyl (C=O) groups excluding carboxylic acids is 1. The maximum Gasteiger partial charge on any atom is 0.265 e. The first-order chi connectivity index (χ1) is 11.1. The Morgan fingerprint density at radius 2 is 1.87 bits per heavy atom. The second-order valence-electron chi connectivity index (χ2n) is 5.85. The summed E-state index contributed by atoms with van der Waals surface area (Å²) in [7, 11) is 0. The SMILES string of the molecule is C[C@@H](Oc1ccc(Br)cc1)C(=O)Nc1cccc2c1CCCC2. The van der Waals surface area contributed by atoms with Crippen LogP contribution >= 0.6 is 15.9 Å². The van der Waals surface area contributed by atoms with Crippen LogP contribution in [0.1, 0.15) is 30.9 Å². The number of aryl methyl sites for hydroxylation is 1. The summed E-state index contributed by atoms with van der Waals surface area (Å²) >= 11 is 3.38. The molecule has 2 aromatic carbocycles. The van der Waals surface area contributed by atoms with Crippen LogP contribution in [0.15, 0.2) is 46.9 Å². The van der Waals surface area contributed by atoms with Gasteiger partial charge in [-0.05, 0) is 74.1 Å². The van der Waals surface area contributed by atoms with E-state index in [0.29, 0.717) is 5.75 Å². The summed E-state index contributed by atoms with van der Waals surface area (Å²) in [4.78, 5) is 12.4. The highest BCUT2D eigenvalue weighted by Gasteiger charge is 2.18. The van der Waals surface area contributed by atoms with E-state index in [1.54, 1.807) is 6.92 Å². The fraction of sp³-hybridized carbons (Fsp3) is 0.316. The maximum atomic E-state index is 12.4. The Morgan fingerprint density at radius 1 is 1.13 bits per heavy atom. The summed E-state index contributed by atoms with van der Waals surface area (Å²) in [6.45, 7) is 1.77. The number of carbonyl (C=O) groups is 1. The molecular formula is C19H20BrNO2. The average molecular weight is 374 g/mol. The number of rotatable bonds is 4. The number of benzene rings is 2. The van der Waals surface area contributed by atoms with Gasteiger partial charge in [0.2, 0.25) is 0 Å². The molecule has 0 radical (unpaired) electrons. The zero-order valence-corrected chi connectivity index (χ0v) is 14.7. The van der Waals surface area contributed by atoms with Crippen LogP contribution in [0.25, 0.3) is 0 Å². The van der Waals surface area contributed by atoms with Gasteiger partial charge < -0.3 is 10.1 Å². The normalized spacial score (nSPS) is 14.7. The highest BCUT2D eigenvalue weighted by atomic mass is 79.9. The number of fused-ring (bicyclic) bond motifs is 1. The van der Waals surface area contributed by atoms with E-state index in [2.05, 4.69) is 27.3 Å². The second kappa shape index (κ2) is 7.18. The van der Waals surface area contributed by atoms with E-state index >= 15 is 0 Å². The molecule has 1 N–H and O–H groups in total. The van der Waals surface area contributed by atoms with Gasteiger partial charge in [-0.1, -0.05) is 28.1 Å². The van der Waals surface area contributed by atoms with E-state index in [4.69, 9.17) is 4.74 Å². The molecule has 0 heterocycles. The number of hydrogen-bond donors (Lipinski definition) is 1. The third kappa shape index (κ3) is 3.94. The molecule has 2 aromatic rings. The smallest absolute Gasteiger partial charge is 0.265 e. The topological polar surface area (TPSA) is 38.3 Å². The van der Waals surface area contributed by atoms with Crippen LogP contribution in [0.4, 0.5) is 5.69 Å². The minimum Gasteiger partial charge on any atom is -0.481 e. The lowest BCUT2D eigenvalue weighted by Crippen LogP contribution is -2.30. The van der Waals surface area contributed by atoms with Crippen LogP contribution in [0.3, 0.4) is 0 Å². The molecule has 3 nitrogen and oxygen atoms in total. The molecule has 1 amide bonds. The molecule has 0 fully saturated rings. The Balaban J connectivity index is 1.68. The van der Waals surface area contributed by atoms with Crippen LogP contribution in [-0.2, 0) is 17.6 Å². The number of hydrogen-bond acceptors (Lipinski definition) is 2. The van der Waals surface area contributed by atoms with Crippen molar-refractivity contribution in [2.75, 3.05) is 5.32 Å².